The van der Waals surface area contributed by atoms with E-state index >= 15 is 0 Å². The fraction of sp³-hybridized carbons (Fsp3) is 0.529. The molecule has 1 aromatic carbocycles. The zero-order valence-corrected chi connectivity index (χ0v) is 14.0. The first-order valence-corrected chi connectivity index (χ1v) is 7.99. The fourth-order valence-corrected chi connectivity index (χ4v) is 2.38. The van der Waals surface area contributed by atoms with Gasteiger partial charge in [-0.1, -0.05) is 20.3 Å². The molecule has 1 rings (SSSR count). The highest BCUT2D eigenvalue weighted by Crippen LogP contribution is 2.23. The Bertz CT molecular complexity index is 545. The summed E-state index contributed by atoms with van der Waals surface area (Å²) in [6.07, 6.45) is 1.70. The lowest BCUT2D eigenvalue weighted by Gasteiger charge is -2.21. The lowest BCUT2D eigenvalue weighted by molar-refractivity contribution is -0.139. The summed E-state index contributed by atoms with van der Waals surface area (Å²) >= 11 is 0. The van der Waals surface area contributed by atoms with E-state index in [0.29, 0.717) is 36.4 Å². The van der Waals surface area contributed by atoms with Crippen LogP contribution in [-0.2, 0) is 4.79 Å². The second kappa shape index (κ2) is 9.15. The number of carboxylic acids is 1. The SMILES string of the molecule is CCCC(NC(CC)C(=O)c1ccc(OCC)c(N)c1)C(=O)O. The molecule has 0 saturated heterocycles. The van der Waals surface area contributed by atoms with Gasteiger partial charge in [0.2, 0.25) is 0 Å². The molecule has 0 saturated carbocycles. The third-order valence-corrected chi connectivity index (χ3v) is 3.60. The minimum atomic E-state index is -0.940. The van der Waals surface area contributed by atoms with Gasteiger partial charge in [-0.3, -0.25) is 14.9 Å². The number of ketones is 1. The predicted octanol–water partition coefficient (Wildman–Crippen LogP) is 2.47. The number of ether oxygens (including phenoxy) is 1. The summed E-state index contributed by atoms with van der Waals surface area (Å²) in [5, 5.41) is 12.2. The molecule has 0 spiro atoms. The van der Waals surface area contributed by atoms with Crippen LogP contribution in [0.25, 0.3) is 0 Å². The fourth-order valence-electron chi connectivity index (χ4n) is 2.38. The van der Waals surface area contributed by atoms with E-state index in [1.165, 1.54) is 0 Å². The van der Waals surface area contributed by atoms with E-state index in [-0.39, 0.29) is 5.78 Å². The molecule has 0 bridgehead atoms. The van der Waals surface area contributed by atoms with Gasteiger partial charge in [-0.15, -0.1) is 0 Å². The largest absolute Gasteiger partial charge is 0.492 e. The Morgan fingerprint density at radius 3 is 2.43 bits per heavy atom. The number of hydrogen-bond donors (Lipinski definition) is 3. The molecule has 0 radical (unpaired) electrons. The van der Waals surface area contributed by atoms with Gasteiger partial charge in [-0.25, -0.2) is 0 Å². The summed E-state index contributed by atoms with van der Waals surface area (Å²) in [5.74, 6) is -0.562. The highest BCUT2D eigenvalue weighted by molar-refractivity contribution is 6.01. The number of carboxylic acid groups (broad SMARTS) is 1. The van der Waals surface area contributed by atoms with E-state index in [9.17, 15) is 14.7 Å². The summed E-state index contributed by atoms with van der Waals surface area (Å²) in [7, 11) is 0. The summed E-state index contributed by atoms with van der Waals surface area (Å²) < 4.78 is 5.36. The van der Waals surface area contributed by atoms with E-state index in [2.05, 4.69) is 5.32 Å². The lowest BCUT2D eigenvalue weighted by atomic mass is 9.99. The van der Waals surface area contributed by atoms with Crippen LogP contribution in [0.3, 0.4) is 0 Å². The molecule has 0 aliphatic rings. The topological polar surface area (TPSA) is 102 Å². The van der Waals surface area contributed by atoms with Gasteiger partial charge in [0.15, 0.2) is 5.78 Å². The number of aliphatic carboxylic acids is 1. The molecular formula is C17H26N2O4. The number of nitrogens with two attached hydrogens (primary N) is 1. The maximum Gasteiger partial charge on any atom is 0.320 e. The van der Waals surface area contributed by atoms with Crippen LogP contribution in [0.1, 0.15) is 50.4 Å². The Kier molecular flexibility index (Phi) is 7.54. The van der Waals surface area contributed by atoms with Gasteiger partial charge in [-0.05, 0) is 38.0 Å². The van der Waals surface area contributed by atoms with Gasteiger partial charge in [0, 0.05) is 5.56 Å². The molecule has 0 heterocycles. The van der Waals surface area contributed by atoms with Crippen molar-refractivity contribution in [1.29, 1.82) is 0 Å². The van der Waals surface area contributed by atoms with Crippen LogP contribution in [0.4, 0.5) is 5.69 Å². The molecule has 2 unspecified atom stereocenters. The van der Waals surface area contributed by atoms with Crippen LogP contribution in [0, 0.1) is 0 Å². The van der Waals surface area contributed by atoms with Gasteiger partial charge >= 0.3 is 5.97 Å². The molecular weight excluding hydrogens is 296 g/mol. The Morgan fingerprint density at radius 1 is 1.26 bits per heavy atom. The molecule has 0 fully saturated rings. The van der Waals surface area contributed by atoms with Gasteiger partial charge < -0.3 is 15.6 Å². The van der Waals surface area contributed by atoms with Crippen molar-refractivity contribution >= 4 is 17.4 Å². The van der Waals surface area contributed by atoms with Crippen LogP contribution in [0.2, 0.25) is 0 Å². The van der Waals surface area contributed by atoms with Crippen LogP contribution < -0.4 is 15.8 Å². The molecule has 0 aliphatic heterocycles. The zero-order chi connectivity index (χ0) is 17.4. The van der Waals surface area contributed by atoms with Crippen LogP contribution in [0.15, 0.2) is 18.2 Å². The molecule has 1 aromatic rings. The van der Waals surface area contributed by atoms with Crippen molar-refractivity contribution in [3.05, 3.63) is 23.8 Å². The molecule has 23 heavy (non-hydrogen) atoms. The number of anilines is 1. The van der Waals surface area contributed by atoms with Crippen LogP contribution in [0.5, 0.6) is 5.75 Å². The predicted molar refractivity (Wildman–Crippen MR) is 89.9 cm³/mol. The summed E-state index contributed by atoms with van der Waals surface area (Å²) in [4.78, 5) is 23.9. The quantitative estimate of drug-likeness (QED) is 0.452. The molecule has 0 amide bonds. The van der Waals surface area contributed by atoms with Gasteiger partial charge in [0.05, 0.1) is 18.3 Å². The van der Waals surface area contributed by atoms with Crippen molar-refractivity contribution in [2.45, 2.75) is 52.1 Å². The van der Waals surface area contributed by atoms with E-state index < -0.39 is 18.1 Å². The Hall–Kier alpha value is -2.08. The van der Waals surface area contributed by atoms with Crippen molar-refractivity contribution in [3.63, 3.8) is 0 Å². The second-order valence-electron chi connectivity index (χ2n) is 5.36. The van der Waals surface area contributed by atoms with Crippen molar-refractivity contribution < 1.29 is 19.4 Å². The standard InChI is InChI=1S/C17H26N2O4/c1-4-7-14(17(21)22)19-13(5-2)16(20)11-8-9-15(23-6-3)12(18)10-11/h8-10,13-14,19H,4-7,18H2,1-3H3,(H,21,22). The first kappa shape index (κ1) is 19.0. The smallest absolute Gasteiger partial charge is 0.320 e. The van der Waals surface area contributed by atoms with E-state index in [0.717, 1.165) is 6.42 Å². The van der Waals surface area contributed by atoms with Crippen molar-refractivity contribution in [3.8, 4) is 5.75 Å². The van der Waals surface area contributed by atoms with E-state index in [1.807, 2.05) is 20.8 Å². The first-order chi connectivity index (χ1) is 10.9. The first-order valence-electron chi connectivity index (χ1n) is 7.99. The average molecular weight is 322 g/mol. The molecule has 6 nitrogen and oxygen atoms in total. The normalized spacial score (nSPS) is 13.3. The van der Waals surface area contributed by atoms with Crippen molar-refractivity contribution in [2.75, 3.05) is 12.3 Å². The number of carbonyl (C=O) groups excluding carboxylic acids is 1. The summed E-state index contributed by atoms with van der Waals surface area (Å²) in [5.41, 5.74) is 6.74. The zero-order valence-electron chi connectivity index (χ0n) is 14.0. The number of benzene rings is 1. The van der Waals surface area contributed by atoms with Crippen LogP contribution in [-0.4, -0.2) is 35.5 Å². The minimum Gasteiger partial charge on any atom is -0.492 e. The maximum absolute atomic E-state index is 12.6. The van der Waals surface area contributed by atoms with Crippen molar-refractivity contribution in [2.24, 2.45) is 0 Å². The van der Waals surface area contributed by atoms with E-state index in [1.54, 1.807) is 18.2 Å². The molecule has 2 atom stereocenters. The third-order valence-electron chi connectivity index (χ3n) is 3.60. The van der Waals surface area contributed by atoms with Gasteiger partial charge in [0.1, 0.15) is 11.8 Å². The number of carbonyl (C=O) groups is 2. The van der Waals surface area contributed by atoms with Crippen LogP contribution >= 0.6 is 0 Å². The lowest BCUT2D eigenvalue weighted by Crippen LogP contribution is -2.46. The summed E-state index contributed by atoms with van der Waals surface area (Å²) in [6, 6.07) is 3.62. The van der Waals surface area contributed by atoms with Gasteiger partial charge in [0.25, 0.3) is 0 Å². The second-order valence-corrected chi connectivity index (χ2v) is 5.36. The molecule has 0 aromatic heterocycles. The highest BCUT2D eigenvalue weighted by atomic mass is 16.5. The highest BCUT2D eigenvalue weighted by Gasteiger charge is 2.25. The maximum atomic E-state index is 12.6. The number of nitrogen functional groups attached to an aromatic ring is 1. The molecule has 6 heteroatoms. The van der Waals surface area contributed by atoms with E-state index in [4.69, 9.17) is 10.5 Å². The number of nitrogens with one attached hydrogen (secondary N) is 1. The number of hydrogen-bond acceptors (Lipinski definition) is 5. The summed E-state index contributed by atoms with van der Waals surface area (Å²) in [6.45, 7) is 6.11. The van der Waals surface area contributed by atoms with Gasteiger partial charge in [-0.2, -0.15) is 0 Å². The average Bonchev–Trinajstić information content (AvgIpc) is 2.52. The Labute approximate surface area is 137 Å². The molecule has 4 N–H and O–H groups in total. The molecule has 128 valence electrons. The minimum absolute atomic E-state index is 0.162. The Morgan fingerprint density at radius 2 is 1.96 bits per heavy atom. The van der Waals surface area contributed by atoms with Crippen molar-refractivity contribution in [1.82, 2.24) is 5.32 Å². The monoisotopic (exact) mass is 322 g/mol. The number of Topliss-reactive ketones (excluding diaryl/α,β-unsaturated/α-hetero) is 1. The number of rotatable bonds is 10. The molecule has 0 aliphatic carbocycles. The third kappa shape index (κ3) is 5.25. The Balaban J connectivity index is 2.91.